The van der Waals surface area contributed by atoms with E-state index in [9.17, 15) is 0 Å². The zero-order valence-electron chi connectivity index (χ0n) is 29.9. The molecule has 0 atom stereocenters. The third-order valence-corrected chi connectivity index (χ3v) is 10.9. The molecule has 0 aliphatic rings. The van der Waals surface area contributed by atoms with Gasteiger partial charge in [-0.3, -0.25) is 0 Å². The van der Waals surface area contributed by atoms with Gasteiger partial charge >= 0.3 is 0 Å². The molecule has 256 valence electrons. The smallest absolute Gasteiger partial charge is 0.160 e. The van der Waals surface area contributed by atoms with Crippen LogP contribution in [-0.4, -0.2) is 14.4 Å². The molecule has 0 aliphatic heterocycles. The van der Waals surface area contributed by atoms with Gasteiger partial charge in [-0.25, -0.2) is 9.97 Å². The van der Waals surface area contributed by atoms with Gasteiger partial charge in [0.25, 0.3) is 0 Å². The summed E-state index contributed by atoms with van der Waals surface area (Å²) in [5, 5.41) is 5.20. The molecule has 3 aromatic heterocycles. The molecule has 3 heterocycles. The van der Waals surface area contributed by atoms with Crippen molar-refractivity contribution in [2.75, 3.05) is 0 Å². The highest BCUT2D eigenvalue weighted by molar-refractivity contribution is 6.23. The first-order chi connectivity index (χ1) is 27.2. The molecule has 0 saturated heterocycles. The zero-order chi connectivity index (χ0) is 36.3. The number of para-hydroxylation sites is 2. The zero-order valence-corrected chi connectivity index (χ0v) is 29.9. The summed E-state index contributed by atoms with van der Waals surface area (Å²) in [7, 11) is 0. The van der Waals surface area contributed by atoms with Crippen molar-refractivity contribution >= 4 is 38.1 Å². The van der Waals surface area contributed by atoms with Crippen LogP contribution in [0.2, 0.25) is 0 Å². The molecule has 0 N–H and O–H groups in total. The van der Waals surface area contributed by atoms with Crippen molar-refractivity contribution in [3.8, 4) is 67.3 Å². The van der Waals surface area contributed by atoms with E-state index in [2.05, 4.69) is 192 Å². The molecule has 0 spiro atoms. The molecule has 0 amide bonds. The lowest BCUT2D eigenvalue weighted by Gasteiger charge is -2.11. The molecular weight excluding hydrogens is 667 g/mol. The predicted molar refractivity (Wildman–Crippen MR) is 229 cm³/mol. The van der Waals surface area contributed by atoms with Crippen molar-refractivity contribution < 1.29 is 0 Å². The van der Waals surface area contributed by atoms with Crippen LogP contribution in [0.25, 0.3) is 105 Å². The summed E-state index contributed by atoms with van der Waals surface area (Å²) >= 11 is 0. The van der Waals surface area contributed by atoms with Gasteiger partial charge in [-0.05, 0) is 69.8 Å². The van der Waals surface area contributed by atoms with E-state index in [0.29, 0.717) is 5.82 Å². The van der Waals surface area contributed by atoms with Crippen molar-refractivity contribution in [3.05, 3.63) is 200 Å². The Balaban J connectivity index is 0.966. The maximum Gasteiger partial charge on any atom is 0.160 e. The fourth-order valence-corrected chi connectivity index (χ4v) is 8.29. The fraction of sp³-hybridized carbons (Fsp3) is 0. The number of hydrogen-bond acceptors (Lipinski definition) is 2. The van der Waals surface area contributed by atoms with Gasteiger partial charge in [0.1, 0.15) is 0 Å². The second-order valence-electron chi connectivity index (χ2n) is 14.2. The SMILES string of the molecule is c1ccc(-c2cc(-c3ccccc3)nc(-c3cccc(-c4cccc(-c5cccc(-c6ccc7c8cccc9c%10ccccc%10n(c7c6)c98)c5)c4)c3)n2)cc1. The average Bonchev–Trinajstić information content (AvgIpc) is 3.79. The minimum Gasteiger partial charge on any atom is -0.308 e. The minimum absolute atomic E-state index is 0.706. The van der Waals surface area contributed by atoms with E-state index in [4.69, 9.17) is 9.97 Å². The van der Waals surface area contributed by atoms with E-state index < -0.39 is 0 Å². The molecule has 3 heteroatoms. The Hall–Kier alpha value is -7.36. The fourth-order valence-electron chi connectivity index (χ4n) is 8.29. The summed E-state index contributed by atoms with van der Waals surface area (Å²) in [6.07, 6.45) is 0. The van der Waals surface area contributed by atoms with Crippen LogP contribution in [0.1, 0.15) is 0 Å². The van der Waals surface area contributed by atoms with Gasteiger partial charge in [-0.15, -0.1) is 0 Å². The molecule has 8 aromatic carbocycles. The lowest BCUT2D eigenvalue weighted by molar-refractivity contribution is 1.18. The normalized spacial score (nSPS) is 11.6. The van der Waals surface area contributed by atoms with Crippen molar-refractivity contribution in [1.29, 1.82) is 0 Å². The summed E-state index contributed by atoms with van der Waals surface area (Å²) in [6.45, 7) is 0. The highest BCUT2D eigenvalue weighted by atomic mass is 14.9. The molecule has 0 unspecified atom stereocenters. The third kappa shape index (κ3) is 5.28. The molecule has 0 bridgehead atoms. The molecule has 0 fully saturated rings. The van der Waals surface area contributed by atoms with Gasteiger partial charge in [0.2, 0.25) is 0 Å². The van der Waals surface area contributed by atoms with Crippen molar-refractivity contribution in [1.82, 2.24) is 14.4 Å². The monoisotopic (exact) mass is 699 g/mol. The lowest BCUT2D eigenvalue weighted by Crippen LogP contribution is -1.96. The average molecular weight is 700 g/mol. The van der Waals surface area contributed by atoms with Crippen LogP contribution < -0.4 is 0 Å². The minimum atomic E-state index is 0.706. The van der Waals surface area contributed by atoms with Crippen molar-refractivity contribution in [2.24, 2.45) is 0 Å². The Morgan fingerprint density at radius 2 is 0.691 bits per heavy atom. The van der Waals surface area contributed by atoms with E-state index in [1.54, 1.807) is 0 Å². The maximum absolute atomic E-state index is 5.08. The van der Waals surface area contributed by atoms with Crippen LogP contribution >= 0.6 is 0 Å². The quantitative estimate of drug-likeness (QED) is 0.173. The maximum atomic E-state index is 5.08. The molecule has 11 rings (SSSR count). The Labute approximate surface area is 318 Å². The summed E-state index contributed by atoms with van der Waals surface area (Å²) in [4.78, 5) is 10.2. The van der Waals surface area contributed by atoms with Gasteiger partial charge in [-0.1, -0.05) is 164 Å². The van der Waals surface area contributed by atoms with Crippen molar-refractivity contribution in [3.63, 3.8) is 0 Å². The van der Waals surface area contributed by atoms with E-state index >= 15 is 0 Å². The molecular formula is C52H33N3. The first-order valence-corrected chi connectivity index (χ1v) is 18.7. The number of hydrogen-bond donors (Lipinski definition) is 0. The molecule has 3 nitrogen and oxygen atoms in total. The first-order valence-electron chi connectivity index (χ1n) is 18.7. The Kier molecular flexibility index (Phi) is 7.17. The number of rotatable bonds is 6. The number of fused-ring (bicyclic) bond motifs is 6. The summed E-state index contributed by atoms with van der Waals surface area (Å²) < 4.78 is 2.45. The Morgan fingerprint density at radius 3 is 1.27 bits per heavy atom. The van der Waals surface area contributed by atoms with Crippen LogP contribution in [0, 0.1) is 0 Å². The molecule has 0 saturated carbocycles. The summed E-state index contributed by atoms with van der Waals surface area (Å²) in [6, 6.07) is 71.4. The second kappa shape index (κ2) is 12.6. The summed E-state index contributed by atoms with van der Waals surface area (Å²) in [5.74, 6) is 0.706. The van der Waals surface area contributed by atoms with E-state index in [-0.39, 0.29) is 0 Å². The van der Waals surface area contributed by atoms with Gasteiger partial charge in [-0.2, -0.15) is 0 Å². The number of aromatic nitrogens is 3. The van der Waals surface area contributed by atoms with Crippen LogP contribution in [0.3, 0.4) is 0 Å². The highest BCUT2D eigenvalue weighted by Gasteiger charge is 2.18. The Morgan fingerprint density at radius 1 is 0.273 bits per heavy atom. The lowest BCUT2D eigenvalue weighted by atomic mass is 9.95. The van der Waals surface area contributed by atoms with Gasteiger partial charge < -0.3 is 4.40 Å². The van der Waals surface area contributed by atoms with Crippen molar-refractivity contribution in [2.45, 2.75) is 0 Å². The van der Waals surface area contributed by atoms with Crippen LogP contribution in [0.15, 0.2) is 200 Å². The van der Waals surface area contributed by atoms with Crippen LogP contribution in [-0.2, 0) is 0 Å². The third-order valence-electron chi connectivity index (χ3n) is 10.9. The van der Waals surface area contributed by atoms with Gasteiger partial charge in [0.05, 0.1) is 27.9 Å². The number of nitrogens with zero attached hydrogens (tertiary/aromatic N) is 3. The molecule has 55 heavy (non-hydrogen) atoms. The van der Waals surface area contributed by atoms with Crippen LogP contribution in [0.5, 0.6) is 0 Å². The predicted octanol–water partition coefficient (Wildman–Crippen LogP) is 13.6. The summed E-state index contributed by atoms with van der Waals surface area (Å²) in [5.41, 5.74) is 15.7. The highest BCUT2D eigenvalue weighted by Crippen LogP contribution is 2.40. The first kappa shape index (κ1) is 31.2. The van der Waals surface area contributed by atoms with Gasteiger partial charge in [0, 0.05) is 38.2 Å². The van der Waals surface area contributed by atoms with E-state index in [1.165, 1.54) is 60.3 Å². The van der Waals surface area contributed by atoms with E-state index in [0.717, 1.165) is 39.2 Å². The van der Waals surface area contributed by atoms with E-state index in [1.807, 2.05) is 12.1 Å². The number of benzene rings is 8. The largest absolute Gasteiger partial charge is 0.308 e. The second-order valence-corrected chi connectivity index (χ2v) is 14.2. The van der Waals surface area contributed by atoms with Crippen LogP contribution in [0.4, 0.5) is 0 Å². The topological polar surface area (TPSA) is 30.2 Å². The Bertz CT molecular complexity index is 3140. The van der Waals surface area contributed by atoms with Gasteiger partial charge in [0.15, 0.2) is 5.82 Å². The standard InChI is InChI=1S/C52H33N3/c1-3-13-34(14-4-1)47-33-48(35-15-5-2-6-16-35)54-52(53-47)42-22-11-21-40(31-42)38-19-9-17-36(29-38)37-18-10-20-39(30-37)41-27-28-44-46-25-12-24-45-43-23-7-8-26-49(43)55(51(45)46)50(44)32-41/h1-33H. The molecule has 0 aliphatic carbocycles. The molecule has 0 radical (unpaired) electrons. The molecule has 11 aromatic rings.